The summed E-state index contributed by atoms with van der Waals surface area (Å²) in [7, 11) is 1.67. The van der Waals surface area contributed by atoms with Crippen molar-refractivity contribution in [1.82, 2.24) is 4.90 Å². The van der Waals surface area contributed by atoms with E-state index >= 15 is 0 Å². The molecule has 1 amide bonds. The van der Waals surface area contributed by atoms with E-state index < -0.39 is 5.82 Å². The highest BCUT2D eigenvalue weighted by molar-refractivity contribution is 7.10. The molecule has 0 saturated carbocycles. The summed E-state index contributed by atoms with van der Waals surface area (Å²) in [6.07, 6.45) is 0. The highest BCUT2D eigenvalue weighted by Gasteiger charge is 2.13. The van der Waals surface area contributed by atoms with Crippen molar-refractivity contribution in [3.05, 3.63) is 57.5 Å². The van der Waals surface area contributed by atoms with Gasteiger partial charge in [-0.3, -0.25) is 4.79 Å². The monoisotopic (exact) mass is 303 g/mol. The molecule has 21 heavy (non-hydrogen) atoms. The zero-order chi connectivity index (χ0) is 15.2. The van der Waals surface area contributed by atoms with Crippen molar-refractivity contribution in [2.45, 2.75) is 6.54 Å². The van der Waals surface area contributed by atoms with Gasteiger partial charge < -0.3 is 10.0 Å². The molecule has 1 aromatic heterocycles. The van der Waals surface area contributed by atoms with Gasteiger partial charge in [0.25, 0.3) is 5.91 Å². The molecular formula is C16H14FNO2S. The lowest BCUT2D eigenvalue weighted by molar-refractivity contribution is 0.0786. The van der Waals surface area contributed by atoms with Gasteiger partial charge in [0.1, 0.15) is 12.4 Å². The van der Waals surface area contributed by atoms with Crippen LogP contribution in [-0.4, -0.2) is 29.6 Å². The molecule has 0 aliphatic rings. The molecule has 0 aliphatic heterocycles. The Bertz CT molecular complexity index is 700. The van der Waals surface area contributed by atoms with Gasteiger partial charge >= 0.3 is 0 Å². The molecule has 0 saturated heterocycles. The molecule has 2 aromatic rings. The summed E-state index contributed by atoms with van der Waals surface area (Å²) in [6, 6.07) is 7.52. The number of hydrogen-bond acceptors (Lipinski definition) is 3. The van der Waals surface area contributed by atoms with Crippen LogP contribution in [0.15, 0.2) is 35.7 Å². The molecule has 0 bridgehead atoms. The Hall–Kier alpha value is -2.16. The Balaban J connectivity index is 2.05. The van der Waals surface area contributed by atoms with Crippen molar-refractivity contribution in [2.24, 2.45) is 0 Å². The highest BCUT2D eigenvalue weighted by atomic mass is 32.1. The van der Waals surface area contributed by atoms with E-state index in [9.17, 15) is 9.18 Å². The Morgan fingerprint density at radius 3 is 2.95 bits per heavy atom. The fourth-order valence-electron chi connectivity index (χ4n) is 1.82. The first kappa shape index (κ1) is 15.2. The van der Waals surface area contributed by atoms with Crippen LogP contribution in [0.3, 0.4) is 0 Å². The predicted molar refractivity (Wildman–Crippen MR) is 80.5 cm³/mol. The van der Waals surface area contributed by atoms with Gasteiger partial charge in [-0.1, -0.05) is 17.9 Å². The van der Waals surface area contributed by atoms with Gasteiger partial charge in [-0.2, -0.15) is 0 Å². The molecule has 108 valence electrons. The van der Waals surface area contributed by atoms with Crippen molar-refractivity contribution in [3.63, 3.8) is 0 Å². The van der Waals surface area contributed by atoms with Crippen LogP contribution in [-0.2, 0) is 6.54 Å². The molecule has 0 spiro atoms. The maximum Gasteiger partial charge on any atom is 0.254 e. The number of amides is 1. The van der Waals surface area contributed by atoms with Gasteiger partial charge in [0.05, 0.1) is 6.54 Å². The average Bonchev–Trinajstić information content (AvgIpc) is 2.91. The van der Waals surface area contributed by atoms with Crippen molar-refractivity contribution in [2.75, 3.05) is 13.7 Å². The van der Waals surface area contributed by atoms with Crippen LogP contribution < -0.4 is 0 Å². The summed E-state index contributed by atoms with van der Waals surface area (Å²) in [6.45, 7) is 0.254. The zero-order valence-corrected chi connectivity index (χ0v) is 12.3. The average molecular weight is 303 g/mol. The standard InChI is InChI=1S/C16H14FNO2S/c1-18(16(20)13-5-2-6-14(17)9-13)10-15-8-12(11-21-15)4-3-7-19/h2,5-6,8-9,11,19H,7,10H2,1H3. The normalized spacial score (nSPS) is 9.86. The zero-order valence-electron chi connectivity index (χ0n) is 11.5. The molecule has 1 heterocycles. The maximum atomic E-state index is 13.1. The third-order valence-electron chi connectivity index (χ3n) is 2.78. The molecule has 0 aliphatic carbocycles. The van der Waals surface area contributed by atoms with Crippen LogP contribution in [0, 0.1) is 17.7 Å². The molecule has 0 radical (unpaired) electrons. The minimum Gasteiger partial charge on any atom is -0.384 e. The van der Waals surface area contributed by atoms with E-state index in [1.807, 2.05) is 11.4 Å². The quantitative estimate of drug-likeness (QED) is 0.885. The largest absolute Gasteiger partial charge is 0.384 e. The van der Waals surface area contributed by atoms with Gasteiger partial charge in [0.2, 0.25) is 0 Å². The molecular weight excluding hydrogens is 289 g/mol. The molecule has 1 aromatic carbocycles. The van der Waals surface area contributed by atoms with E-state index in [4.69, 9.17) is 5.11 Å². The first-order valence-corrected chi connectivity index (χ1v) is 7.16. The van der Waals surface area contributed by atoms with Crippen LogP contribution in [0.2, 0.25) is 0 Å². The van der Waals surface area contributed by atoms with E-state index in [-0.39, 0.29) is 12.5 Å². The Kier molecular flexibility index (Phi) is 5.09. The lowest BCUT2D eigenvalue weighted by atomic mass is 10.2. The first-order valence-electron chi connectivity index (χ1n) is 6.28. The van der Waals surface area contributed by atoms with E-state index in [1.54, 1.807) is 13.1 Å². The predicted octanol–water partition coefficient (Wildman–Crippen LogP) is 2.50. The van der Waals surface area contributed by atoms with Crippen LogP contribution in [0.1, 0.15) is 20.8 Å². The van der Waals surface area contributed by atoms with Crippen LogP contribution in [0.25, 0.3) is 0 Å². The van der Waals surface area contributed by atoms with Gasteiger partial charge in [-0.15, -0.1) is 11.3 Å². The smallest absolute Gasteiger partial charge is 0.254 e. The molecule has 0 atom stereocenters. The van der Waals surface area contributed by atoms with Crippen LogP contribution in [0.5, 0.6) is 0 Å². The van der Waals surface area contributed by atoms with E-state index in [1.165, 1.54) is 34.4 Å². The van der Waals surface area contributed by atoms with Crippen molar-refractivity contribution in [1.29, 1.82) is 0 Å². The summed E-state index contributed by atoms with van der Waals surface area (Å²) in [5, 5.41) is 10.5. The lowest BCUT2D eigenvalue weighted by Crippen LogP contribution is -2.25. The second-order valence-electron chi connectivity index (χ2n) is 4.43. The number of benzene rings is 1. The molecule has 1 N–H and O–H groups in total. The molecule has 2 rings (SSSR count). The van der Waals surface area contributed by atoms with Crippen molar-refractivity contribution >= 4 is 17.2 Å². The van der Waals surface area contributed by atoms with Gasteiger partial charge in [0, 0.05) is 28.4 Å². The topological polar surface area (TPSA) is 40.5 Å². The minimum absolute atomic E-state index is 0.177. The van der Waals surface area contributed by atoms with Gasteiger partial charge in [0.15, 0.2) is 0 Å². The number of nitrogens with zero attached hydrogens (tertiary/aromatic N) is 1. The lowest BCUT2D eigenvalue weighted by Gasteiger charge is -2.16. The number of rotatable bonds is 3. The third kappa shape index (κ3) is 4.15. The number of carbonyl (C=O) groups is 1. The molecule has 0 unspecified atom stereocenters. The summed E-state index contributed by atoms with van der Waals surface area (Å²) >= 11 is 1.49. The SMILES string of the molecule is CN(Cc1cc(C#CCO)cs1)C(=O)c1cccc(F)c1. The van der Waals surface area contributed by atoms with Crippen molar-refractivity contribution in [3.8, 4) is 11.8 Å². The summed E-state index contributed by atoms with van der Waals surface area (Å²) in [5.74, 6) is 4.73. The summed E-state index contributed by atoms with van der Waals surface area (Å²) in [5.41, 5.74) is 1.14. The highest BCUT2D eigenvalue weighted by Crippen LogP contribution is 2.17. The number of carbonyl (C=O) groups excluding carboxylic acids is 1. The van der Waals surface area contributed by atoms with Gasteiger partial charge in [-0.05, 0) is 24.3 Å². The molecule has 5 heteroatoms. The fourth-order valence-corrected chi connectivity index (χ4v) is 2.69. The third-order valence-corrected chi connectivity index (χ3v) is 3.70. The van der Waals surface area contributed by atoms with Crippen LogP contribution in [0.4, 0.5) is 4.39 Å². The minimum atomic E-state index is -0.424. The first-order chi connectivity index (χ1) is 10.1. The van der Waals surface area contributed by atoms with Crippen LogP contribution >= 0.6 is 11.3 Å². The number of hydrogen-bond donors (Lipinski definition) is 1. The number of thiophene rings is 1. The Morgan fingerprint density at radius 1 is 1.43 bits per heavy atom. The number of aliphatic hydroxyl groups is 1. The second-order valence-corrected chi connectivity index (χ2v) is 5.43. The van der Waals surface area contributed by atoms with E-state index in [0.717, 1.165) is 10.4 Å². The Morgan fingerprint density at radius 2 is 2.24 bits per heavy atom. The fraction of sp³-hybridized carbons (Fsp3) is 0.188. The molecule has 0 fully saturated rings. The van der Waals surface area contributed by atoms with E-state index in [0.29, 0.717) is 12.1 Å². The summed E-state index contributed by atoms with van der Waals surface area (Å²) < 4.78 is 13.1. The second kappa shape index (κ2) is 7.02. The van der Waals surface area contributed by atoms with Gasteiger partial charge in [-0.25, -0.2) is 4.39 Å². The van der Waals surface area contributed by atoms with Crippen molar-refractivity contribution < 1.29 is 14.3 Å². The Labute approximate surface area is 126 Å². The summed E-state index contributed by atoms with van der Waals surface area (Å²) in [4.78, 5) is 14.7. The number of halogens is 1. The van der Waals surface area contributed by atoms with E-state index in [2.05, 4.69) is 11.8 Å². The number of aliphatic hydroxyl groups excluding tert-OH is 1. The molecule has 3 nitrogen and oxygen atoms in total. The maximum absolute atomic E-state index is 13.1.